The van der Waals surface area contributed by atoms with Crippen molar-refractivity contribution in [3.05, 3.63) is 0 Å². The molecule has 0 spiro atoms. The highest BCUT2D eigenvalue weighted by Gasteiger charge is 2.33. The average Bonchev–Trinajstić information content (AvgIpc) is 2.41. The lowest BCUT2D eigenvalue weighted by molar-refractivity contribution is -0.129. The summed E-state index contributed by atoms with van der Waals surface area (Å²) < 4.78 is 10.6. The van der Waals surface area contributed by atoms with Crippen molar-refractivity contribution in [2.75, 3.05) is 33.9 Å². The molecule has 4 heteroatoms. The molecule has 2 unspecified atom stereocenters. The first-order valence-corrected chi connectivity index (χ1v) is 6.98. The van der Waals surface area contributed by atoms with Crippen molar-refractivity contribution in [2.45, 2.75) is 52.4 Å². The topological polar surface area (TPSA) is 47.7 Å². The highest BCUT2D eigenvalue weighted by Crippen LogP contribution is 2.23. The number of likely N-dealkylation sites (N-methyl/N-ethyl adjacent to an activating group) is 1. The normalized spacial score (nSPS) is 17.2. The van der Waals surface area contributed by atoms with Crippen LogP contribution in [-0.2, 0) is 9.47 Å². The Bertz CT molecular complexity index is 210. The van der Waals surface area contributed by atoms with E-state index >= 15 is 0 Å². The first kappa shape index (κ1) is 17.8. The van der Waals surface area contributed by atoms with Crippen molar-refractivity contribution in [1.82, 2.24) is 4.90 Å². The molecule has 4 nitrogen and oxygen atoms in total. The molecule has 0 aliphatic rings. The lowest BCUT2D eigenvalue weighted by Gasteiger charge is -2.42. The molecule has 0 aliphatic carbocycles. The van der Waals surface area contributed by atoms with E-state index in [2.05, 4.69) is 32.6 Å². The number of hydrogen-bond acceptors (Lipinski definition) is 4. The molecule has 0 amide bonds. The summed E-state index contributed by atoms with van der Waals surface area (Å²) in [5.41, 5.74) is 5.93. The molecular formula is C14H32N2O2. The summed E-state index contributed by atoms with van der Waals surface area (Å²) in [6.45, 7) is 11.6. The maximum Gasteiger partial charge on any atom is 0.158 e. The Hall–Kier alpha value is -0.160. The van der Waals surface area contributed by atoms with Crippen LogP contribution < -0.4 is 5.73 Å². The summed E-state index contributed by atoms with van der Waals surface area (Å²) in [7, 11) is 3.35. The molecule has 2 atom stereocenters. The number of ether oxygens (including phenoxy) is 2. The van der Waals surface area contributed by atoms with Crippen molar-refractivity contribution in [3.63, 3.8) is 0 Å². The summed E-state index contributed by atoms with van der Waals surface area (Å²) in [6.07, 6.45) is 1.79. The quantitative estimate of drug-likeness (QED) is 0.611. The van der Waals surface area contributed by atoms with Gasteiger partial charge in [-0.15, -0.1) is 0 Å². The monoisotopic (exact) mass is 260 g/mol. The van der Waals surface area contributed by atoms with Crippen LogP contribution >= 0.6 is 0 Å². The van der Waals surface area contributed by atoms with Crippen LogP contribution in [0.2, 0.25) is 0 Å². The first-order chi connectivity index (χ1) is 8.47. The SMILES string of the molecule is CCC(C)CN(CC)C(C)(CN)CC(OC)OC. The third kappa shape index (κ3) is 5.22. The predicted molar refractivity (Wildman–Crippen MR) is 76.6 cm³/mol. The van der Waals surface area contributed by atoms with E-state index in [-0.39, 0.29) is 11.8 Å². The summed E-state index contributed by atoms with van der Waals surface area (Å²) in [4.78, 5) is 2.45. The highest BCUT2D eigenvalue weighted by molar-refractivity contribution is 4.88. The van der Waals surface area contributed by atoms with Gasteiger partial charge in [-0.05, 0) is 19.4 Å². The zero-order valence-electron chi connectivity index (χ0n) is 13.0. The van der Waals surface area contributed by atoms with E-state index in [1.54, 1.807) is 14.2 Å². The van der Waals surface area contributed by atoms with Gasteiger partial charge in [-0.1, -0.05) is 27.2 Å². The molecule has 18 heavy (non-hydrogen) atoms. The molecule has 0 radical (unpaired) electrons. The Morgan fingerprint density at radius 1 is 1.22 bits per heavy atom. The highest BCUT2D eigenvalue weighted by atomic mass is 16.7. The van der Waals surface area contributed by atoms with E-state index in [0.29, 0.717) is 12.5 Å². The number of rotatable bonds is 10. The Labute approximate surface area is 113 Å². The van der Waals surface area contributed by atoms with Crippen LogP contribution in [0, 0.1) is 5.92 Å². The van der Waals surface area contributed by atoms with Crippen LogP contribution in [0.5, 0.6) is 0 Å². The van der Waals surface area contributed by atoms with Gasteiger partial charge in [-0.2, -0.15) is 0 Å². The average molecular weight is 260 g/mol. The van der Waals surface area contributed by atoms with E-state index in [4.69, 9.17) is 15.2 Å². The van der Waals surface area contributed by atoms with Gasteiger partial charge < -0.3 is 15.2 Å². The molecule has 0 heterocycles. The second kappa shape index (κ2) is 8.86. The standard InChI is InChI=1S/C14H32N2O2/c1-7-12(3)10-16(8-2)14(4,11-15)9-13(17-5)18-6/h12-13H,7-11,15H2,1-6H3. The van der Waals surface area contributed by atoms with Crippen LogP contribution in [0.25, 0.3) is 0 Å². The van der Waals surface area contributed by atoms with Gasteiger partial charge in [0.25, 0.3) is 0 Å². The third-order valence-electron chi connectivity index (χ3n) is 3.95. The Morgan fingerprint density at radius 3 is 2.11 bits per heavy atom. The van der Waals surface area contributed by atoms with E-state index in [9.17, 15) is 0 Å². The maximum atomic E-state index is 6.01. The largest absolute Gasteiger partial charge is 0.356 e. The summed E-state index contributed by atoms with van der Waals surface area (Å²) in [5.74, 6) is 0.680. The second-order valence-electron chi connectivity index (χ2n) is 5.36. The van der Waals surface area contributed by atoms with Gasteiger partial charge in [0.1, 0.15) is 0 Å². The Kier molecular flexibility index (Phi) is 8.78. The molecular weight excluding hydrogens is 228 g/mol. The fourth-order valence-electron chi connectivity index (χ4n) is 2.20. The zero-order chi connectivity index (χ0) is 14.2. The molecule has 0 saturated heterocycles. The number of methoxy groups -OCH3 is 2. The number of hydrogen-bond donors (Lipinski definition) is 1. The molecule has 0 bridgehead atoms. The first-order valence-electron chi connectivity index (χ1n) is 6.98. The summed E-state index contributed by atoms with van der Waals surface area (Å²) >= 11 is 0. The lowest BCUT2D eigenvalue weighted by atomic mass is 9.93. The summed E-state index contributed by atoms with van der Waals surface area (Å²) in [6, 6.07) is 0. The van der Waals surface area contributed by atoms with Gasteiger partial charge in [0.15, 0.2) is 6.29 Å². The lowest BCUT2D eigenvalue weighted by Crippen LogP contribution is -2.54. The second-order valence-corrected chi connectivity index (χ2v) is 5.36. The molecule has 0 aromatic carbocycles. The van der Waals surface area contributed by atoms with Gasteiger partial charge in [-0.3, -0.25) is 4.90 Å². The van der Waals surface area contributed by atoms with E-state index in [0.717, 1.165) is 19.5 Å². The van der Waals surface area contributed by atoms with Crippen LogP contribution in [0.1, 0.15) is 40.5 Å². The van der Waals surface area contributed by atoms with Crippen molar-refractivity contribution >= 4 is 0 Å². The summed E-state index contributed by atoms with van der Waals surface area (Å²) in [5, 5.41) is 0. The minimum absolute atomic E-state index is 0.0745. The molecule has 2 N–H and O–H groups in total. The van der Waals surface area contributed by atoms with Gasteiger partial charge in [0.05, 0.1) is 0 Å². The van der Waals surface area contributed by atoms with E-state index in [1.807, 2.05) is 0 Å². The fraction of sp³-hybridized carbons (Fsp3) is 1.00. The van der Waals surface area contributed by atoms with Gasteiger partial charge in [0.2, 0.25) is 0 Å². The van der Waals surface area contributed by atoms with Crippen molar-refractivity contribution in [2.24, 2.45) is 11.7 Å². The van der Waals surface area contributed by atoms with Crippen LogP contribution in [-0.4, -0.2) is 50.6 Å². The van der Waals surface area contributed by atoms with E-state index in [1.165, 1.54) is 6.42 Å². The predicted octanol–water partition coefficient (Wildman–Crippen LogP) is 2.08. The molecule has 110 valence electrons. The molecule has 0 aliphatic heterocycles. The van der Waals surface area contributed by atoms with Crippen LogP contribution in [0.15, 0.2) is 0 Å². The minimum atomic E-state index is -0.190. The maximum absolute atomic E-state index is 6.01. The van der Waals surface area contributed by atoms with Crippen LogP contribution in [0.3, 0.4) is 0 Å². The molecule has 0 fully saturated rings. The van der Waals surface area contributed by atoms with Crippen molar-refractivity contribution < 1.29 is 9.47 Å². The third-order valence-corrected chi connectivity index (χ3v) is 3.95. The van der Waals surface area contributed by atoms with Gasteiger partial charge >= 0.3 is 0 Å². The number of nitrogens with two attached hydrogens (primary N) is 1. The zero-order valence-corrected chi connectivity index (χ0v) is 13.0. The van der Waals surface area contributed by atoms with Crippen molar-refractivity contribution in [3.8, 4) is 0 Å². The number of nitrogens with zero attached hydrogens (tertiary/aromatic N) is 1. The Morgan fingerprint density at radius 2 is 1.78 bits per heavy atom. The fourth-order valence-corrected chi connectivity index (χ4v) is 2.20. The Balaban J connectivity index is 4.74. The van der Waals surface area contributed by atoms with Crippen molar-refractivity contribution in [1.29, 1.82) is 0 Å². The molecule has 0 aromatic rings. The minimum Gasteiger partial charge on any atom is -0.356 e. The van der Waals surface area contributed by atoms with Crippen LogP contribution in [0.4, 0.5) is 0 Å². The van der Waals surface area contributed by atoms with Gasteiger partial charge in [-0.25, -0.2) is 0 Å². The molecule has 0 saturated carbocycles. The smallest absolute Gasteiger partial charge is 0.158 e. The van der Waals surface area contributed by atoms with E-state index < -0.39 is 0 Å². The molecule has 0 aromatic heterocycles. The molecule has 0 rings (SSSR count). The van der Waals surface area contributed by atoms with Gasteiger partial charge in [0, 0.05) is 39.3 Å².